The number of aromatic carboxylic acids is 1. The van der Waals surface area contributed by atoms with Gasteiger partial charge in [-0.25, -0.2) is 9.78 Å². The maximum atomic E-state index is 11.2. The van der Waals surface area contributed by atoms with Gasteiger partial charge in [-0.05, 0) is 31.9 Å². The molecule has 1 saturated heterocycles. The van der Waals surface area contributed by atoms with Crippen LogP contribution in [0.5, 0.6) is 0 Å². The molecule has 0 aliphatic carbocycles. The van der Waals surface area contributed by atoms with Gasteiger partial charge in [-0.15, -0.1) is 0 Å². The van der Waals surface area contributed by atoms with Crippen molar-refractivity contribution in [1.82, 2.24) is 9.55 Å². The van der Waals surface area contributed by atoms with E-state index in [1.807, 2.05) is 13.0 Å². The number of ether oxygens (including phenoxy) is 1. The van der Waals surface area contributed by atoms with E-state index in [0.717, 1.165) is 37.3 Å². The summed E-state index contributed by atoms with van der Waals surface area (Å²) in [5, 5.41) is 9.19. The molecule has 0 bridgehead atoms. The topological polar surface area (TPSA) is 64.3 Å². The molecule has 5 nitrogen and oxygen atoms in total. The number of rotatable bonds is 3. The van der Waals surface area contributed by atoms with E-state index in [2.05, 4.69) is 9.55 Å². The SMILES string of the molecule is Cc1nc2c(C(=O)O)cccc2n1CC1CCCO1. The molecule has 1 N–H and O–H groups in total. The first-order valence-electron chi connectivity index (χ1n) is 6.47. The highest BCUT2D eigenvalue weighted by Gasteiger charge is 2.20. The van der Waals surface area contributed by atoms with Crippen molar-refractivity contribution in [2.75, 3.05) is 6.61 Å². The van der Waals surface area contributed by atoms with Gasteiger partial charge in [-0.1, -0.05) is 6.07 Å². The smallest absolute Gasteiger partial charge is 0.337 e. The van der Waals surface area contributed by atoms with E-state index in [1.165, 1.54) is 0 Å². The fraction of sp³-hybridized carbons (Fsp3) is 0.429. The van der Waals surface area contributed by atoms with Crippen molar-refractivity contribution < 1.29 is 14.6 Å². The number of hydrogen-bond donors (Lipinski definition) is 1. The number of carboxylic acid groups (broad SMARTS) is 1. The predicted octanol–water partition coefficient (Wildman–Crippen LogP) is 2.22. The number of para-hydroxylation sites is 1. The highest BCUT2D eigenvalue weighted by Crippen LogP contribution is 2.23. The molecule has 2 heterocycles. The molecular weight excluding hydrogens is 244 g/mol. The molecule has 0 radical (unpaired) electrons. The van der Waals surface area contributed by atoms with Crippen LogP contribution in [0.4, 0.5) is 0 Å². The van der Waals surface area contributed by atoms with Crippen molar-refractivity contribution >= 4 is 17.0 Å². The molecule has 1 aliphatic rings. The van der Waals surface area contributed by atoms with E-state index in [0.29, 0.717) is 5.52 Å². The zero-order valence-corrected chi connectivity index (χ0v) is 10.8. The van der Waals surface area contributed by atoms with Crippen molar-refractivity contribution in [2.45, 2.75) is 32.4 Å². The Labute approximate surface area is 110 Å². The van der Waals surface area contributed by atoms with E-state index in [-0.39, 0.29) is 11.7 Å². The number of imidazole rings is 1. The molecule has 1 atom stereocenters. The first kappa shape index (κ1) is 12.2. The van der Waals surface area contributed by atoms with Crippen LogP contribution in [0.15, 0.2) is 18.2 Å². The Kier molecular flexibility index (Phi) is 2.98. The number of carbonyl (C=O) groups is 1. The molecule has 0 amide bonds. The van der Waals surface area contributed by atoms with Gasteiger partial charge in [-0.3, -0.25) is 0 Å². The van der Waals surface area contributed by atoms with Gasteiger partial charge >= 0.3 is 5.97 Å². The Balaban J connectivity index is 2.06. The Bertz CT molecular complexity index is 627. The third-order valence-corrected chi connectivity index (χ3v) is 3.61. The van der Waals surface area contributed by atoms with E-state index in [1.54, 1.807) is 12.1 Å². The van der Waals surface area contributed by atoms with Gasteiger partial charge in [0.15, 0.2) is 0 Å². The summed E-state index contributed by atoms with van der Waals surface area (Å²) in [6.07, 6.45) is 2.36. The third-order valence-electron chi connectivity index (χ3n) is 3.61. The van der Waals surface area contributed by atoms with E-state index in [9.17, 15) is 9.90 Å². The van der Waals surface area contributed by atoms with Crippen LogP contribution in [0.2, 0.25) is 0 Å². The fourth-order valence-corrected chi connectivity index (χ4v) is 2.66. The number of aromatic nitrogens is 2. The summed E-state index contributed by atoms with van der Waals surface area (Å²) < 4.78 is 7.70. The van der Waals surface area contributed by atoms with Gasteiger partial charge in [0.1, 0.15) is 11.3 Å². The lowest BCUT2D eigenvalue weighted by Crippen LogP contribution is -2.15. The number of nitrogens with zero attached hydrogens (tertiary/aromatic N) is 2. The van der Waals surface area contributed by atoms with E-state index in [4.69, 9.17) is 4.74 Å². The quantitative estimate of drug-likeness (QED) is 0.919. The van der Waals surface area contributed by atoms with Crippen molar-refractivity contribution in [1.29, 1.82) is 0 Å². The Morgan fingerprint density at radius 1 is 1.58 bits per heavy atom. The molecule has 0 spiro atoms. The average Bonchev–Trinajstić information content (AvgIpc) is 2.98. The van der Waals surface area contributed by atoms with Crippen LogP contribution >= 0.6 is 0 Å². The lowest BCUT2D eigenvalue weighted by Gasteiger charge is -2.12. The van der Waals surface area contributed by atoms with Gasteiger partial charge in [0.05, 0.1) is 23.7 Å². The van der Waals surface area contributed by atoms with Crippen molar-refractivity contribution in [3.05, 3.63) is 29.6 Å². The molecular formula is C14H16N2O3. The molecule has 1 aromatic carbocycles. The molecule has 100 valence electrons. The van der Waals surface area contributed by atoms with Crippen LogP contribution in [0.3, 0.4) is 0 Å². The van der Waals surface area contributed by atoms with Crippen molar-refractivity contribution in [2.24, 2.45) is 0 Å². The highest BCUT2D eigenvalue weighted by atomic mass is 16.5. The first-order valence-corrected chi connectivity index (χ1v) is 6.47. The van der Waals surface area contributed by atoms with Gasteiger partial charge in [0, 0.05) is 6.61 Å². The molecule has 5 heteroatoms. The zero-order valence-electron chi connectivity index (χ0n) is 10.8. The maximum absolute atomic E-state index is 11.2. The van der Waals surface area contributed by atoms with Gasteiger partial charge < -0.3 is 14.4 Å². The summed E-state index contributed by atoms with van der Waals surface area (Å²) in [5.74, 6) is -0.105. The summed E-state index contributed by atoms with van der Waals surface area (Å²) in [5.41, 5.74) is 1.69. The summed E-state index contributed by atoms with van der Waals surface area (Å²) in [6, 6.07) is 5.27. The third kappa shape index (κ3) is 2.10. The molecule has 0 saturated carbocycles. The van der Waals surface area contributed by atoms with E-state index >= 15 is 0 Å². The standard InChI is InChI=1S/C14H16N2O3/c1-9-15-13-11(14(17)18)5-2-6-12(13)16(9)8-10-4-3-7-19-10/h2,5-6,10H,3-4,7-8H2,1H3,(H,17,18). The molecule has 3 rings (SSSR count). The van der Waals surface area contributed by atoms with Gasteiger partial charge in [-0.2, -0.15) is 0 Å². The van der Waals surface area contributed by atoms with Crippen LogP contribution < -0.4 is 0 Å². The van der Waals surface area contributed by atoms with Crippen LogP contribution in [-0.2, 0) is 11.3 Å². The second-order valence-electron chi connectivity index (χ2n) is 4.88. The zero-order chi connectivity index (χ0) is 13.4. The molecule has 1 aliphatic heterocycles. The van der Waals surface area contributed by atoms with Crippen LogP contribution in [-0.4, -0.2) is 33.3 Å². The summed E-state index contributed by atoms with van der Waals surface area (Å²) >= 11 is 0. The number of hydrogen-bond acceptors (Lipinski definition) is 3. The van der Waals surface area contributed by atoms with Crippen molar-refractivity contribution in [3.8, 4) is 0 Å². The minimum absolute atomic E-state index is 0.213. The lowest BCUT2D eigenvalue weighted by molar-refractivity contribution is 0.0699. The van der Waals surface area contributed by atoms with Crippen LogP contribution in [0.25, 0.3) is 11.0 Å². The van der Waals surface area contributed by atoms with Crippen LogP contribution in [0.1, 0.15) is 29.0 Å². The Hall–Kier alpha value is -1.88. The summed E-state index contributed by atoms with van der Waals surface area (Å²) in [7, 11) is 0. The lowest BCUT2D eigenvalue weighted by atomic mass is 10.2. The molecule has 1 unspecified atom stereocenters. The number of carboxylic acids is 1. The fourth-order valence-electron chi connectivity index (χ4n) is 2.66. The molecule has 1 fully saturated rings. The summed E-state index contributed by atoms with van der Waals surface area (Å²) in [6.45, 7) is 3.46. The number of benzene rings is 1. The molecule has 1 aromatic heterocycles. The van der Waals surface area contributed by atoms with E-state index < -0.39 is 5.97 Å². The minimum atomic E-state index is -0.938. The number of fused-ring (bicyclic) bond motifs is 1. The second kappa shape index (κ2) is 4.66. The largest absolute Gasteiger partial charge is 0.478 e. The summed E-state index contributed by atoms with van der Waals surface area (Å²) in [4.78, 5) is 15.6. The normalized spacial score (nSPS) is 19.1. The second-order valence-corrected chi connectivity index (χ2v) is 4.88. The molecule has 19 heavy (non-hydrogen) atoms. The van der Waals surface area contributed by atoms with Gasteiger partial charge in [0.2, 0.25) is 0 Å². The Morgan fingerprint density at radius 2 is 2.42 bits per heavy atom. The van der Waals surface area contributed by atoms with Crippen molar-refractivity contribution in [3.63, 3.8) is 0 Å². The Morgan fingerprint density at radius 3 is 3.11 bits per heavy atom. The predicted molar refractivity (Wildman–Crippen MR) is 70.4 cm³/mol. The minimum Gasteiger partial charge on any atom is -0.478 e. The monoisotopic (exact) mass is 260 g/mol. The average molecular weight is 260 g/mol. The van der Waals surface area contributed by atoms with Crippen LogP contribution in [0, 0.1) is 6.92 Å². The first-order chi connectivity index (χ1) is 9.16. The highest BCUT2D eigenvalue weighted by molar-refractivity contribution is 6.01. The number of aryl methyl sites for hydroxylation is 1. The molecule has 2 aromatic rings. The maximum Gasteiger partial charge on any atom is 0.337 e. The van der Waals surface area contributed by atoms with Gasteiger partial charge in [0.25, 0.3) is 0 Å².